The number of nitrogens with zero attached hydrogens (tertiary/aromatic N) is 3. The van der Waals surface area contributed by atoms with E-state index >= 15 is 0 Å². The van der Waals surface area contributed by atoms with Crippen LogP contribution in [0.2, 0.25) is 0 Å². The van der Waals surface area contributed by atoms with Gasteiger partial charge in [0, 0.05) is 28.9 Å². The highest BCUT2D eigenvalue weighted by molar-refractivity contribution is 7.09. The molecule has 1 aromatic carbocycles. The van der Waals surface area contributed by atoms with Gasteiger partial charge in [-0.05, 0) is 31.0 Å². The number of benzene rings is 1. The lowest BCUT2D eigenvalue weighted by atomic mass is 10.1. The maximum atomic E-state index is 5.38. The molecule has 21 heavy (non-hydrogen) atoms. The standard InChI is InChI=1S/C15H14N4OS/c1-9-8-21-14(17-9)7-13-18-15(20-19-13)11-3-2-10-4-5-16-12(10)6-11/h2-3,6,8,16H,4-5,7H2,1H3. The van der Waals surface area contributed by atoms with Gasteiger partial charge in [-0.15, -0.1) is 11.3 Å². The Kier molecular flexibility index (Phi) is 2.96. The summed E-state index contributed by atoms with van der Waals surface area (Å²) in [6.07, 6.45) is 1.69. The molecule has 0 unspecified atom stereocenters. The summed E-state index contributed by atoms with van der Waals surface area (Å²) in [5, 5.41) is 10.5. The van der Waals surface area contributed by atoms with Crippen molar-refractivity contribution in [1.29, 1.82) is 0 Å². The zero-order chi connectivity index (χ0) is 14.2. The van der Waals surface area contributed by atoms with Gasteiger partial charge in [0.15, 0.2) is 5.82 Å². The Balaban J connectivity index is 1.59. The topological polar surface area (TPSA) is 63.8 Å². The molecule has 1 aliphatic heterocycles. The molecule has 0 fully saturated rings. The summed E-state index contributed by atoms with van der Waals surface area (Å²) in [6.45, 7) is 2.98. The predicted molar refractivity (Wildman–Crippen MR) is 81.6 cm³/mol. The SMILES string of the molecule is Cc1csc(Cc2noc(-c3ccc4c(c3)NCC4)n2)n1. The van der Waals surface area contributed by atoms with Crippen LogP contribution in [-0.2, 0) is 12.8 Å². The fourth-order valence-corrected chi connectivity index (χ4v) is 3.25. The van der Waals surface area contributed by atoms with E-state index in [-0.39, 0.29) is 0 Å². The molecule has 6 heteroatoms. The van der Waals surface area contributed by atoms with E-state index in [2.05, 4.69) is 32.6 Å². The molecule has 0 saturated carbocycles. The minimum Gasteiger partial charge on any atom is -0.384 e. The molecule has 4 rings (SSSR count). The molecule has 0 saturated heterocycles. The van der Waals surface area contributed by atoms with Gasteiger partial charge in [0.2, 0.25) is 0 Å². The van der Waals surface area contributed by atoms with Gasteiger partial charge < -0.3 is 9.84 Å². The van der Waals surface area contributed by atoms with Crippen LogP contribution in [0.1, 0.15) is 22.1 Å². The zero-order valence-electron chi connectivity index (χ0n) is 11.6. The van der Waals surface area contributed by atoms with Crippen molar-refractivity contribution < 1.29 is 4.52 Å². The summed E-state index contributed by atoms with van der Waals surface area (Å²) < 4.78 is 5.38. The van der Waals surface area contributed by atoms with Crippen LogP contribution >= 0.6 is 11.3 Å². The third kappa shape index (κ3) is 2.42. The van der Waals surface area contributed by atoms with Crippen molar-refractivity contribution in [3.8, 4) is 11.5 Å². The summed E-state index contributed by atoms with van der Waals surface area (Å²) >= 11 is 1.62. The third-order valence-electron chi connectivity index (χ3n) is 3.51. The number of hydrogen-bond acceptors (Lipinski definition) is 6. The molecule has 1 N–H and O–H groups in total. The Bertz CT molecular complexity index is 793. The van der Waals surface area contributed by atoms with E-state index in [4.69, 9.17) is 4.52 Å². The first-order chi connectivity index (χ1) is 10.3. The first-order valence-electron chi connectivity index (χ1n) is 6.89. The van der Waals surface area contributed by atoms with Crippen LogP contribution in [0.15, 0.2) is 28.1 Å². The van der Waals surface area contributed by atoms with E-state index in [0.29, 0.717) is 18.1 Å². The highest BCUT2D eigenvalue weighted by atomic mass is 32.1. The van der Waals surface area contributed by atoms with Crippen LogP contribution in [0.25, 0.3) is 11.5 Å². The fourth-order valence-electron chi connectivity index (χ4n) is 2.49. The van der Waals surface area contributed by atoms with E-state index in [1.807, 2.05) is 18.4 Å². The number of hydrogen-bond donors (Lipinski definition) is 1. The highest BCUT2D eigenvalue weighted by Crippen LogP contribution is 2.28. The quantitative estimate of drug-likeness (QED) is 0.805. The summed E-state index contributed by atoms with van der Waals surface area (Å²) in [5.74, 6) is 1.24. The van der Waals surface area contributed by atoms with Crippen molar-refractivity contribution in [3.63, 3.8) is 0 Å². The molecule has 2 aromatic heterocycles. The van der Waals surface area contributed by atoms with Crippen LogP contribution in [-0.4, -0.2) is 21.7 Å². The second-order valence-corrected chi connectivity index (χ2v) is 6.07. The number of aryl methyl sites for hydroxylation is 1. The first kappa shape index (κ1) is 12.5. The first-order valence-corrected chi connectivity index (χ1v) is 7.77. The van der Waals surface area contributed by atoms with Crippen molar-refractivity contribution in [3.05, 3.63) is 45.7 Å². The monoisotopic (exact) mass is 298 g/mol. The Morgan fingerprint density at radius 1 is 1.33 bits per heavy atom. The van der Waals surface area contributed by atoms with E-state index in [0.717, 1.165) is 29.2 Å². The van der Waals surface area contributed by atoms with Crippen molar-refractivity contribution in [1.82, 2.24) is 15.1 Å². The van der Waals surface area contributed by atoms with Crippen LogP contribution in [0.5, 0.6) is 0 Å². The predicted octanol–water partition coefficient (Wildman–Crippen LogP) is 3.06. The molecule has 0 bridgehead atoms. The van der Waals surface area contributed by atoms with Gasteiger partial charge in [-0.3, -0.25) is 0 Å². The molecule has 0 atom stereocenters. The van der Waals surface area contributed by atoms with Crippen LogP contribution < -0.4 is 5.32 Å². The average Bonchev–Trinajstić information content (AvgIpc) is 3.19. The van der Waals surface area contributed by atoms with Gasteiger partial charge in [0.05, 0.1) is 6.42 Å². The molecular weight excluding hydrogens is 284 g/mol. The molecule has 5 nitrogen and oxygen atoms in total. The summed E-state index contributed by atoms with van der Waals surface area (Å²) in [4.78, 5) is 8.89. The molecule has 1 aliphatic rings. The van der Waals surface area contributed by atoms with Gasteiger partial charge in [0.1, 0.15) is 5.01 Å². The molecule has 3 heterocycles. The van der Waals surface area contributed by atoms with Crippen molar-refractivity contribution in [2.45, 2.75) is 19.8 Å². The number of anilines is 1. The highest BCUT2D eigenvalue weighted by Gasteiger charge is 2.15. The Labute approximate surface area is 126 Å². The second-order valence-electron chi connectivity index (χ2n) is 5.12. The maximum Gasteiger partial charge on any atom is 0.258 e. The smallest absolute Gasteiger partial charge is 0.258 e. The normalized spacial score (nSPS) is 13.2. The van der Waals surface area contributed by atoms with Crippen molar-refractivity contribution in [2.75, 3.05) is 11.9 Å². The van der Waals surface area contributed by atoms with Gasteiger partial charge in [-0.25, -0.2) is 4.98 Å². The molecule has 106 valence electrons. The fraction of sp³-hybridized carbons (Fsp3) is 0.267. The van der Waals surface area contributed by atoms with E-state index in [9.17, 15) is 0 Å². The second kappa shape index (κ2) is 4.96. The number of fused-ring (bicyclic) bond motifs is 1. The van der Waals surface area contributed by atoms with Crippen molar-refractivity contribution in [2.24, 2.45) is 0 Å². The van der Waals surface area contributed by atoms with Gasteiger partial charge in [-0.1, -0.05) is 11.2 Å². The lowest BCUT2D eigenvalue weighted by Crippen LogP contribution is -1.91. The molecule has 0 radical (unpaired) electrons. The maximum absolute atomic E-state index is 5.38. The molecule has 0 amide bonds. The number of rotatable bonds is 3. The van der Waals surface area contributed by atoms with Gasteiger partial charge in [0.25, 0.3) is 5.89 Å². The summed E-state index contributed by atoms with van der Waals surface area (Å²) in [6, 6.07) is 6.24. The molecule has 3 aromatic rings. The van der Waals surface area contributed by atoms with Crippen LogP contribution in [0.3, 0.4) is 0 Å². The zero-order valence-corrected chi connectivity index (χ0v) is 12.4. The average molecular weight is 298 g/mol. The lowest BCUT2D eigenvalue weighted by molar-refractivity contribution is 0.424. The minimum atomic E-state index is 0.565. The van der Waals surface area contributed by atoms with E-state index < -0.39 is 0 Å². The minimum absolute atomic E-state index is 0.565. The largest absolute Gasteiger partial charge is 0.384 e. The Morgan fingerprint density at radius 2 is 2.29 bits per heavy atom. The Morgan fingerprint density at radius 3 is 3.14 bits per heavy atom. The van der Waals surface area contributed by atoms with E-state index in [1.165, 1.54) is 11.3 Å². The number of aromatic nitrogens is 3. The van der Waals surface area contributed by atoms with Crippen molar-refractivity contribution >= 4 is 17.0 Å². The molecule has 0 aliphatic carbocycles. The summed E-state index contributed by atoms with van der Waals surface area (Å²) in [5.41, 5.74) is 4.50. The van der Waals surface area contributed by atoms with Gasteiger partial charge in [-0.2, -0.15) is 4.98 Å². The Hall–Kier alpha value is -2.21. The van der Waals surface area contributed by atoms with E-state index in [1.54, 1.807) is 11.3 Å². The summed E-state index contributed by atoms with van der Waals surface area (Å²) in [7, 11) is 0. The molecule has 0 spiro atoms. The van der Waals surface area contributed by atoms with Crippen LogP contribution in [0, 0.1) is 6.92 Å². The van der Waals surface area contributed by atoms with Crippen LogP contribution in [0.4, 0.5) is 5.69 Å². The van der Waals surface area contributed by atoms with Gasteiger partial charge >= 0.3 is 0 Å². The number of nitrogens with one attached hydrogen (secondary N) is 1. The third-order valence-corrected chi connectivity index (χ3v) is 4.48. The lowest BCUT2D eigenvalue weighted by Gasteiger charge is -2.00. The number of thiazole rings is 1. The molecular formula is C15H14N4OS.